The Morgan fingerprint density at radius 2 is 1.93 bits per heavy atom. The summed E-state index contributed by atoms with van der Waals surface area (Å²) in [4.78, 5) is 46.3. The number of allylic oxidation sites excluding steroid dienone is 1. The third-order valence-corrected chi connectivity index (χ3v) is 9.18. The predicted molar refractivity (Wildman–Crippen MR) is 169 cm³/mol. The normalized spacial score (nSPS) is 17.6. The van der Waals surface area contributed by atoms with Gasteiger partial charge < -0.3 is 14.4 Å². The SMILES string of the molecule is COc1ccc(Br)cc1[C@@H]1C(C(=O)OC(C)C)=C(C)N=c2s/c(=C\c3cc([N+](=O)[O-])ccc3N3CCC(C)CC3)c(=O)n21. The number of fused-ring (bicyclic) bond motifs is 1. The molecule has 2 aliphatic rings. The minimum Gasteiger partial charge on any atom is -0.496 e. The minimum absolute atomic E-state index is 0.0561. The lowest BCUT2D eigenvalue weighted by atomic mass is 9.95. The lowest BCUT2D eigenvalue weighted by Crippen LogP contribution is -2.40. The molecule has 0 saturated carbocycles. The van der Waals surface area contributed by atoms with E-state index in [4.69, 9.17) is 9.47 Å². The molecule has 0 N–H and O–H groups in total. The largest absolute Gasteiger partial charge is 0.496 e. The number of carbonyl (C=O) groups is 1. The molecule has 12 heteroatoms. The van der Waals surface area contributed by atoms with Gasteiger partial charge in [0.05, 0.1) is 33.9 Å². The smallest absolute Gasteiger partial charge is 0.338 e. The Morgan fingerprint density at radius 3 is 2.58 bits per heavy atom. The Hall–Kier alpha value is -3.77. The zero-order chi connectivity index (χ0) is 31.0. The average molecular weight is 670 g/mol. The quantitative estimate of drug-likeness (QED) is 0.195. The van der Waals surface area contributed by atoms with Gasteiger partial charge in [-0.1, -0.05) is 34.2 Å². The molecule has 1 atom stereocenters. The number of aromatic nitrogens is 1. The van der Waals surface area contributed by atoms with Crippen molar-refractivity contribution in [2.75, 3.05) is 25.1 Å². The van der Waals surface area contributed by atoms with Crippen LogP contribution in [-0.4, -0.2) is 41.8 Å². The van der Waals surface area contributed by atoms with E-state index in [9.17, 15) is 19.7 Å². The number of anilines is 1. The molecule has 0 spiro atoms. The number of halogens is 1. The lowest BCUT2D eigenvalue weighted by Gasteiger charge is -2.33. The number of thiazole rings is 1. The molecule has 1 aromatic heterocycles. The molecule has 226 valence electrons. The number of nitrogens with zero attached hydrogens (tertiary/aromatic N) is 4. The van der Waals surface area contributed by atoms with E-state index in [1.54, 1.807) is 39.0 Å². The molecule has 1 fully saturated rings. The summed E-state index contributed by atoms with van der Waals surface area (Å²) in [6, 6.07) is 9.31. The molecule has 0 aliphatic carbocycles. The minimum atomic E-state index is -0.870. The van der Waals surface area contributed by atoms with Gasteiger partial charge in [0, 0.05) is 46.5 Å². The van der Waals surface area contributed by atoms with Crippen molar-refractivity contribution >= 4 is 50.7 Å². The zero-order valence-electron chi connectivity index (χ0n) is 24.6. The van der Waals surface area contributed by atoms with Crippen LogP contribution in [0.1, 0.15) is 57.7 Å². The zero-order valence-corrected chi connectivity index (χ0v) is 27.0. The van der Waals surface area contributed by atoms with Crippen LogP contribution in [0.4, 0.5) is 11.4 Å². The van der Waals surface area contributed by atoms with Crippen LogP contribution in [0.15, 0.2) is 61.9 Å². The van der Waals surface area contributed by atoms with E-state index in [2.05, 4.69) is 32.7 Å². The molecular formula is C31H33BrN4O6S. The highest BCUT2D eigenvalue weighted by Crippen LogP contribution is 2.37. The molecule has 2 aliphatic heterocycles. The van der Waals surface area contributed by atoms with Crippen LogP contribution in [0.25, 0.3) is 6.08 Å². The second-order valence-electron chi connectivity index (χ2n) is 11.1. The molecule has 0 radical (unpaired) electrons. The maximum atomic E-state index is 14.2. The molecular weight excluding hydrogens is 636 g/mol. The predicted octanol–water partition coefficient (Wildman–Crippen LogP) is 5.10. The lowest BCUT2D eigenvalue weighted by molar-refractivity contribution is -0.384. The van der Waals surface area contributed by atoms with Crippen LogP contribution in [0.2, 0.25) is 0 Å². The summed E-state index contributed by atoms with van der Waals surface area (Å²) in [6.07, 6.45) is 3.35. The fraction of sp³-hybridized carbons (Fsp3) is 0.387. The Balaban J connectivity index is 1.74. The van der Waals surface area contributed by atoms with E-state index < -0.39 is 16.9 Å². The van der Waals surface area contributed by atoms with Crippen molar-refractivity contribution in [1.82, 2.24) is 4.57 Å². The molecule has 1 saturated heterocycles. The molecule has 10 nitrogen and oxygen atoms in total. The summed E-state index contributed by atoms with van der Waals surface area (Å²) in [5.74, 6) is 0.529. The number of ether oxygens (including phenoxy) is 2. The van der Waals surface area contributed by atoms with Crippen molar-refractivity contribution in [1.29, 1.82) is 0 Å². The van der Waals surface area contributed by atoms with Crippen molar-refractivity contribution in [3.63, 3.8) is 0 Å². The van der Waals surface area contributed by atoms with Crippen LogP contribution < -0.4 is 24.5 Å². The number of carbonyl (C=O) groups excluding carboxylic acids is 1. The summed E-state index contributed by atoms with van der Waals surface area (Å²) in [5, 5.41) is 11.7. The fourth-order valence-corrected chi connectivity index (χ4v) is 6.94. The molecule has 5 rings (SSSR count). The summed E-state index contributed by atoms with van der Waals surface area (Å²) < 4.78 is 13.8. The number of nitro benzene ring substituents is 1. The number of methoxy groups -OCH3 is 1. The molecule has 43 heavy (non-hydrogen) atoms. The number of benzene rings is 2. The summed E-state index contributed by atoms with van der Waals surface area (Å²) in [7, 11) is 1.53. The van der Waals surface area contributed by atoms with Crippen LogP contribution in [0.5, 0.6) is 5.75 Å². The molecule has 3 heterocycles. The van der Waals surface area contributed by atoms with E-state index in [-0.39, 0.29) is 22.9 Å². The Bertz CT molecular complexity index is 1800. The molecule has 0 bridgehead atoms. The fourth-order valence-electron chi connectivity index (χ4n) is 5.52. The first kappa shape index (κ1) is 30.7. The van der Waals surface area contributed by atoms with Crippen molar-refractivity contribution in [2.45, 2.75) is 52.7 Å². The van der Waals surface area contributed by atoms with Gasteiger partial charge in [0.25, 0.3) is 11.2 Å². The number of hydrogen-bond acceptors (Lipinski definition) is 9. The molecule has 0 unspecified atom stereocenters. The second kappa shape index (κ2) is 12.5. The van der Waals surface area contributed by atoms with Gasteiger partial charge in [0.2, 0.25) is 0 Å². The van der Waals surface area contributed by atoms with Crippen LogP contribution in [-0.2, 0) is 9.53 Å². The topological polar surface area (TPSA) is 116 Å². The maximum Gasteiger partial charge on any atom is 0.338 e. The van der Waals surface area contributed by atoms with Gasteiger partial charge in [0.15, 0.2) is 4.80 Å². The first-order valence-electron chi connectivity index (χ1n) is 14.1. The third-order valence-electron chi connectivity index (χ3n) is 7.70. The summed E-state index contributed by atoms with van der Waals surface area (Å²) in [6.45, 7) is 9.11. The first-order valence-corrected chi connectivity index (χ1v) is 15.7. The van der Waals surface area contributed by atoms with E-state index >= 15 is 0 Å². The maximum absolute atomic E-state index is 14.2. The van der Waals surface area contributed by atoms with Crippen molar-refractivity contribution in [2.24, 2.45) is 10.9 Å². The Morgan fingerprint density at radius 1 is 1.21 bits per heavy atom. The van der Waals surface area contributed by atoms with Gasteiger partial charge in [-0.25, -0.2) is 9.79 Å². The number of esters is 1. The van der Waals surface area contributed by atoms with E-state index in [0.717, 1.165) is 36.1 Å². The Kier molecular flexibility index (Phi) is 8.89. The van der Waals surface area contributed by atoms with E-state index in [0.29, 0.717) is 37.8 Å². The van der Waals surface area contributed by atoms with Gasteiger partial charge in [-0.2, -0.15) is 0 Å². The number of rotatable bonds is 7. The highest BCUT2D eigenvalue weighted by Gasteiger charge is 2.35. The highest BCUT2D eigenvalue weighted by molar-refractivity contribution is 9.10. The molecule has 0 amide bonds. The molecule has 2 aromatic carbocycles. The van der Waals surface area contributed by atoms with Gasteiger partial charge in [-0.3, -0.25) is 19.5 Å². The van der Waals surface area contributed by atoms with Gasteiger partial charge in [0.1, 0.15) is 11.8 Å². The van der Waals surface area contributed by atoms with Crippen LogP contribution in [0.3, 0.4) is 0 Å². The van der Waals surface area contributed by atoms with Gasteiger partial charge >= 0.3 is 5.97 Å². The second-order valence-corrected chi connectivity index (χ2v) is 13.0. The standard InChI is InChI=1S/C31H33BrN4O6S/c1-17(2)42-30(38)27-19(4)33-31-35(28(27)23-16-21(32)6-9-25(23)41-5)29(37)26(43-31)15-20-14-22(36(39)40)7-8-24(20)34-12-10-18(3)11-13-34/h6-9,14-18,28H,10-13H2,1-5H3/b26-15-/t28-/m1/s1. The number of non-ortho nitro benzene ring substituents is 1. The third kappa shape index (κ3) is 6.16. The number of nitro groups is 1. The van der Waals surface area contributed by atoms with Crippen molar-refractivity contribution in [3.8, 4) is 5.75 Å². The monoisotopic (exact) mass is 668 g/mol. The molecule has 3 aromatic rings. The Labute approximate surface area is 261 Å². The first-order chi connectivity index (χ1) is 20.5. The highest BCUT2D eigenvalue weighted by atomic mass is 79.9. The number of hydrogen-bond donors (Lipinski definition) is 0. The summed E-state index contributed by atoms with van der Waals surface area (Å²) >= 11 is 4.69. The van der Waals surface area contributed by atoms with E-state index in [1.807, 2.05) is 12.1 Å². The van der Waals surface area contributed by atoms with Crippen LogP contribution >= 0.6 is 27.3 Å². The van der Waals surface area contributed by atoms with Crippen molar-refractivity contribution < 1.29 is 19.2 Å². The van der Waals surface area contributed by atoms with Crippen LogP contribution in [0, 0.1) is 16.0 Å². The van der Waals surface area contributed by atoms with Crippen molar-refractivity contribution in [3.05, 3.63) is 93.1 Å². The van der Waals surface area contributed by atoms with Gasteiger partial charge in [-0.05, 0) is 69.9 Å². The van der Waals surface area contributed by atoms with E-state index in [1.165, 1.54) is 35.1 Å². The summed E-state index contributed by atoms with van der Waals surface area (Å²) in [5.41, 5.74) is 2.26. The van der Waals surface area contributed by atoms with Gasteiger partial charge in [-0.15, -0.1) is 0 Å². The average Bonchev–Trinajstić information content (AvgIpc) is 3.26. The number of piperidine rings is 1.